The van der Waals surface area contributed by atoms with Gasteiger partial charge in [0.25, 0.3) is 0 Å². The smallest absolute Gasteiger partial charge is 0.550 e. The summed E-state index contributed by atoms with van der Waals surface area (Å²) >= 11 is 0. The van der Waals surface area contributed by atoms with Crippen LogP contribution in [0.2, 0.25) is 0 Å². The van der Waals surface area contributed by atoms with Gasteiger partial charge in [-0.15, -0.1) is 0 Å². The first-order valence-electron chi connectivity index (χ1n) is 2.91. The molecule has 0 N–H and O–H groups in total. The summed E-state index contributed by atoms with van der Waals surface area (Å²) in [4.78, 5) is 20.2. The summed E-state index contributed by atoms with van der Waals surface area (Å²) in [5.41, 5.74) is 0. The normalized spacial score (nSPS) is 8.64. The van der Waals surface area contributed by atoms with Crippen molar-refractivity contribution in [2.24, 2.45) is 0 Å². The summed E-state index contributed by atoms with van der Waals surface area (Å²) in [6, 6.07) is 0. The monoisotopic (exact) mass is 184 g/mol. The van der Waals surface area contributed by atoms with Crippen molar-refractivity contribution in [1.82, 2.24) is 0 Å². The molecule has 0 aromatic heterocycles. The first-order valence-corrected chi connectivity index (χ1v) is 2.91. The fraction of sp³-hybridized carbons (Fsp3) is 0.667. The van der Waals surface area contributed by atoms with Crippen molar-refractivity contribution >= 4 is 11.9 Å². The molecule has 0 atom stereocenters. The zero-order valence-corrected chi connectivity index (χ0v) is 10.0. The number of carboxylic acids is 1. The third kappa shape index (κ3) is 10.6. The summed E-state index contributed by atoms with van der Waals surface area (Å²) in [5.74, 6) is -2.17. The molecule has 4 nitrogen and oxygen atoms in total. The van der Waals surface area contributed by atoms with Gasteiger partial charge < -0.3 is 14.6 Å². The van der Waals surface area contributed by atoms with Crippen LogP contribution in [0.3, 0.4) is 0 Å². The first kappa shape index (κ1) is 14.1. The van der Waals surface area contributed by atoms with Crippen molar-refractivity contribution in [1.29, 1.82) is 0 Å². The number of esters is 1. The summed E-state index contributed by atoms with van der Waals surface area (Å²) in [6.45, 7) is 3.29. The Morgan fingerprint density at radius 1 is 1.45 bits per heavy atom. The summed E-state index contributed by atoms with van der Waals surface area (Å²) in [7, 11) is 0. The molecule has 0 aromatic carbocycles. The second kappa shape index (κ2) is 7.24. The molecule has 5 heteroatoms. The molecule has 0 amide bonds. The van der Waals surface area contributed by atoms with E-state index in [1.54, 1.807) is 13.8 Å². The number of carboxylic acid groups (broad SMARTS) is 1. The second-order valence-electron chi connectivity index (χ2n) is 2.09. The van der Waals surface area contributed by atoms with Crippen LogP contribution in [0.1, 0.15) is 20.3 Å². The molecule has 0 saturated heterocycles. The zero-order valence-electron chi connectivity index (χ0n) is 6.92. The van der Waals surface area contributed by atoms with Gasteiger partial charge in [-0.2, -0.15) is 0 Å². The Balaban J connectivity index is 0. The predicted molar refractivity (Wildman–Crippen MR) is 30.9 cm³/mol. The van der Waals surface area contributed by atoms with E-state index < -0.39 is 18.4 Å². The van der Waals surface area contributed by atoms with Crippen molar-refractivity contribution < 1.29 is 70.8 Å². The molecule has 0 saturated carbocycles. The third-order valence-electron chi connectivity index (χ3n) is 0.656. The Bertz CT molecular complexity index is 144. The SMILES string of the molecule is CC(C)OC(=O)CC(=O)[O-].[K+]. The summed E-state index contributed by atoms with van der Waals surface area (Å²) in [6.07, 6.45) is -0.940. The molecule has 11 heavy (non-hydrogen) atoms. The molecular weight excluding hydrogens is 175 g/mol. The maximum Gasteiger partial charge on any atom is 1.00 e. The van der Waals surface area contributed by atoms with E-state index in [1.165, 1.54) is 0 Å². The Labute approximate surface area is 108 Å². The van der Waals surface area contributed by atoms with Crippen LogP contribution in [0.15, 0.2) is 0 Å². The van der Waals surface area contributed by atoms with Crippen LogP contribution in [-0.2, 0) is 14.3 Å². The number of carbonyl (C=O) groups is 2. The van der Waals surface area contributed by atoms with Crippen LogP contribution in [0.5, 0.6) is 0 Å². The van der Waals surface area contributed by atoms with E-state index in [2.05, 4.69) is 4.74 Å². The van der Waals surface area contributed by atoms with E-state index in [4.69, 9.17) is 0 Å². The topological polar surface area (TPSA) is 66.4 Å². The minimum absolute atomic E-state index is 0. The minimum atomic E-state index is -1.41. The number of carbonyl (C=O) groups excluding carboxylic acids is 2. The number of hydrogen-bond acceptors (Lipinski definition) is 4. The van der Waals surface area contributed by atoms with Crippen molar-refractivity contribution in [3.63, 3.8) is 0 Å². The largest absolute Gasteiger partial charge is 1.00 e. The molecule has 0 fully saturated rings. The second-order valence-corrected chi connectivity index (χ2v) is 2.09. The molecule has 0 spiro atoms. The molecule has 0 radical (unpaired) electrons. The molecule has 0 unspecified atom stereocenters. The zero-order chi connectivity index (χ0) is 8.15. The van der Waals surface area contributed by atoms with Crippen molar-refractivity contribution in [3.8, 4) is 0 Å². The van der Waals surface area contributed by atoms with Gasteiger partial charge in [-0.25, -0.2) is 0 Å². The average Bonchev–Trinajstić information content (AvgIpc) is 1.58. The van der Waals surface area contributed by atoms with Gasteiger partial charge in [-0.1, -0.05) is 0 Å². The van der Waals surface area contributed by atoms with Gasteiger partial charge in [0.1, 0.15) is 0 Å². The van der Waals surface area contributed by atoms with Gasteiger partial charge in [0.15, 0.2) is 0 Å². The fourth-order valence-corrected chi connectivity index (χ4v) is 0.422. The standard InChI is InChI=1S/C6H10O4.K/c1-4(2)10-6(9)3-5(7)8;/h4H,3H2,1-2H3,(H,7,8);/q;+1/p-1. The molecule has 0 aromatic rings. The van der Waals surface area contributed by atoms with Crippen molar-refractivity contribution in [3.05, 3.63) is 0 Å². The van der Waals surface area contributed by atoms with Crippen LogP contribution in [0.25, 0.3) is 0 Å². The summed E-state index contributed by atoms with van der Waals surface area (Å²) < 4.78 is 4.50. The van der Waals surface area contributed by atoms with Gasteiger partial charge in [-0.05, 0) is 13.8 Å². The molecule has 58 valence electrons. The maximum atomic E-state index is 10.4. The molecule has 0 aliphatic rings. The maximum absolute atomic E-state index is 10.4. The van der Waals surface area contributed by atoms with Crippen LogP contribution in [0, 0.1) is 0 Å². The van der Waals surface area contributed by atoms with Gasteiger partial charge in [0.05, 0.1) is 18.5 Å². The van der Waals surface area contributed by atoms with Crippen molar-refractivity contribution in [2.45, 2.75) is 26.4 Å². The number of ether oxygens (including phenoxy) is 1. The van der Waals surface area contributed by atoms with Gasteiger partial charge in [-0.3, -0.25) is 4.79 Å². The quantitative estimate of drug-likeness (QED) is 0.255. The van der Waals surface area contributed by atoms with Crippen LogP contribution in [0.4, 0.5) is 0 Å². The van der Waals surface area contributed by atoms with Gasteiger partial charge in [0, 0.05) is 0 Å². The van der Waals surface area contributed by atoms with E-state index in [9.17, 15) is 14.7 Å². The van der Waals surface area contributed by atoms with E-state index in [1.807, 2.05) is 0 Å². The number of aliphatic carboxylic acids is 1. The molecule has 0 aliphatic heterocycles. The Morgan fingerprint density at radius 2 is 1.91 bits per heavy atom. The van der Waals surface area contributed by atoms with Crippen LogP contribution >= 0.6 is 0 Å². The van der Waals surface area contributed by atoms with Gasteiger partial charge >= 0.3 is 57.4 Å². The first-order chi connectivity index (χ1) is 4.52. The molecule has 0 heterocycles. The van der Waals surface area contributed by atoms with Crippen LogP contribution in [-0.4, -0.2) is 18.0 Å². The van der Waals surface area contributed by atoms with E-state index >= 15 is 0 Å². The Kier molecular flexibility index (Phi) is 9.29. The van der Waals surface area contributed by atoms with Crippen molar-refractivity contribution in [2.75, 3.05) is 0 Å². The van der Waals surface area contributed by atoms with Gasteiger partial charge in [0.2, 0.25) is 0 Å². The minimum Gasteiger partial charge on any atom is -0.550 e. The average molecular weight is 184 g/mol. The fourth-order valence-electron chi connectivity index (χ4n) is 0.422. The third-order valence-corrected chi connectivity index (χ3v) is 0.656. The van der Waals surface area contributed by atoms with Crippen LogP contribution < -0.4 is 56.5 Å². The number of hydrogen-bond donors (Lipinski definition) is 0. The Hall–Kier alpha value is 0.576. The predicted octanol–water partition coefficient (Wildman–Crippen LogP) is -3.92. The number of rotatable bonds is 3. The summed E-state index contributed by atoms with van der Waals surface area (Å²) in [5, 5.41) is 9.78. The molecule has 0 rings (SSSR count). The van der Waals surface area contributed by atoms with E-state index in [0.29, 0.717) is 0 Å². The van der Waals surface area contributed by atoms with E-state index in [-0.39, 0.29) is 57.5 Å². The Morgan fingerprint density at radius 3 is 2.18 bits per heavy atom. The molecule has 0 bridgehead atoms. The molecular formula is C6H9KO4. The molecule has 0 aliphatic carbocycles. The van der Waals surface area contributed by atoms with E-state index in [0.717, 1.165) is 0 Å².